The highest BCUT2D eigenvalue weighted by atomic mass is 32.2. The van der Waals surface area contributed by atoms with Crippen LogP contribution >= 0.6 is 0 Å². The Morgan fingerprint density at radius 1 is 1.00 bits per heavy atom. The minimum Gasteiger partial charge on any atom is -0.325 e. The van der Waals surface area contributed by atoms with Crippen LogP contribution in [0.5, 0.6) is 0 Å². The molecule has 0 radical (unpaired) electrons. The zero-order chi connectivity index (χ0) is 23.4. The zero-order valence-corrected chi connectivity index (χ0v) is 18.9. The summed E-state index contributed by atoms with van der Waals surface area (Å²) in [7, 11) is -3.64. The quantitative estimate of drug-likeness (QED) is 0.600. The molecule has 174 valence electrons. The van der Waals surface area contributed by atoms with Gasteiger partial charge in [-0.15, -0.1) is 0 Å². The van der Waals surface area contributed by atoms with Crippen LogP contribution in [0.4, 0.5) is 10.5 Å². The van der Waals surface area contributed by atoms with E-state index in [1.54, 1.807) is 12.1 Å². The van der Waals surface area contributed by atoms with Gasteiger partial charge < -0.3 is 10.6 Å². The fourth-order valence-electron chi connectivity index (χ4n) is 4.05. The van der Waals surface area contributed by atoms with E-state index in [4.69, 9.17) is 0 Å². The molecule has 2 saturated heterocycles. The first-order valence-electron chi connectivity index (χ1n) is 10.9. The highest BCUT2D eigenvalue weighted by Crippen LogP contribution is 2.23. The minimum atomic E-state index is -3.64. The van der Waals surface area contributed by atoms with Crippen LogP contribution in [0.15, 0.2) is 59.5 Å². The second-order valence-electron chi connectivity index (χ2n) is 8.16. The molecular weight excluding hydrogens is 444 g/mol. The molecule has 2 aromatic rings. The molecule has 1 unspecified atom stereocenters. The summed E-state index contributed by atoms with van der Waals surface area (Å²) in [6, 6.07) is 13.9. The Bertz CT molecular complexity index is 1150. The van der Waals surface area contributed by atoms with E-state index in [0.717, 1.165) is 29.7 Å². The Morgan fingerprint density at radius 2 is 1.73 bits per heavy atom. The normalized spacial score (nSPS) is 19.4. The summed E-state index contributed by atoms with van der Waals surface area (Å²) >= 11 is 0. The molecule has 33 heavy (non-hydrogen) atoms. The molecule has 0 spiro atoms. The fourth-order valence-corrected chi connectivity index (χ4v) is 5.61. The molecule has 1 atom stereocenters. The van der Waals surface area contributed by atoms with Gasteiger partial charge in [0.05, 0.1) is 4.90 Å². The molecule has 9 nitrogen and oxygen atoms in total. The molecule has 2 N–H and O–H groups in total. The highest BCUT2D eigenvalue weighted by molar-refractivity contribution is 7.89. The molecule has 2 fully saturated rings. The number of carbonyl (C=O) groups excluding carboxylic acids is 3. The van der Waals surface area contributed by atoms with Crippen molar-refractivity contribution in [1.29, 1.82) is 0 Å². The third-order valence-electron chi connectivity index (χ3n) is 5.76. The molecule has 2 heterocycles. The van der Waals surface area contributed by atoms with E-state index < -0.39 is 40.5 Å². The molecule has 2 aliphatic heterocycles. The lowest BCUT2D eigenvalue weighted by atomic mass is 10.1. The summed E-state index contributed by atoms with van der Waals surface area (Å²) in [6.07, 6.45) is 3.00. The topological polar surface area (TPSA) is 116 Å². The lowest BCUT2D eigenvalue weighted by Crippen LogP contribution is -2.38. The molecule has 2 aromatic carbocycles. The first-order chi connectivity index (χ1) is 15.8. The average Bonchev–Trinajstić information content (AvgIpc) is 3.07. The van der Waals surface area contributed by atoms with Gasteiger partial charge in [0, 0.05) is 25.2 Å². The SMILES string of the molecule is O=C(CN1C(=O)NC(Cc2ccccc2)C1=O)Nc1cccc(S(=O)(=O)N2CCCCC2)c1. The van der Waals surface area contributed by atoms with E-state index in [-0.39, 0.29) is 10.6 Å². The smallest absolute Gasteiger partial charge is 0.325 e. The maximum Gasteiger partial charge on any atom is 0.325 e. The predicted octanol–water partition coefficient (Wildman–Crippen LogP) is 1.96. The Kier molecular flexibility index (Phi) is 6.75. The van der Waals surface area contributed by atoms with Gasteiger partial charge in [-0.1, -0.05) is 42.8 Å². The van der Waals surface area contributed by atoms with Crippen molar-refractivity contribution in [3.8, 4) is 0 Å². The number of imide groups is 1. The van der Waals surface area contributed by atoms with Gasteiger partial charge in [-0.2, -0.15) is 4.31 Å². The number of sulfonamides is 1. The Balaban J connectivity index is 1.39. The van der Waals surface area contributed by atoms with E-state index >= 15 is 0 Å². The molecule has 0 bridgehead atoms. The zero-order valence-electron chi connectivity index (χ0n) is 18.1. The Labute approximate surface area is 192 Å². The first kappa shape index (κ1) is 22.9. The number of benzene rings is 2. The standard InChI is InChI=1S/C23H26N4O5S/c28-21(16-27-22(29)20(25-23(27)30)14-17-8-3-1-4-9-17)24-18-10-7-11-19(15-18)33(31,32)26-12-5-2-6-13-26/h1,3-4,7-11,15,20H,2,5-6,12-14,16H2,(H,24,28)(H,25,30). The van der Waals surface area contributed by atoms with Crippen LogP contribution in [0.2, 0.25) is 0 Å². The predicted molar refractivity (Wildman–Crippen MR) is 122 cm³/mol. The van der Waals surface area contributed by atoms with E-state index in [1.807, 2.05) is 30.3 Å². The van der Waals surface area contributed by atoms with Crippen molar-refractivity contribution in [3.05, 3.63) is 60.2 Å². The van der Waals surface area contributed by atoms with Crippen molar-refractivity contribution >= 4 is 33.6 Å². The van der Waals surface area contributed by atoms with Crippen molar-refractivity contribution in [3.63, 3.8) is 0 Å². The fraction of sp³-hybridized carbons (Fsp3) is 0.348. The Morgan fingerprint density at radius 3 is 2.45 bits per heavy atom. The van der Waals surface area contributed by atoms with E-state index in [0.29, 0.717) is 19.5 Å². The lowest BCUT2D eigenvalue weighted by molar-refractivity contribution is -0.130. The van der Waals surface area contributed by atoms with E-state index in [2.05, 4.69) is 10.6 Å². The van der Waals surface area contributed by atoms with Crippen LogP contribution in [-0.2, 0) is 26.0 Å². The van der Waals surface area contributed by atoms with Gasteiger partial charge in [0.2, 0.25) is 15.9 Å². The van der Waals surface area contributed by atoms with Crippen molar-refractivity contribution in [2.75, 3.05) is 25.0 Å². The van der Waals surface area contributed by atoms with Crippen LogP contribution in [0, 0.1) is 0 Å². The molecule has 2 aliphatic rings. The van der Waals surface area contributed by atoms with Crippen LogP contribution < -0.4 is 10.6 Å². The number of nitrogens with one attached hydrogen (secondary N) is 2. The number of piperidine rings is 1. The van der Waals surface area contributed by atoms with Gasteiger partial charge in [0.15, 0.2) is 0 Å². The lowest BCUT2D eigenvalue weighted by Gasteiger charge is -2.26. The summed E-state index contributed by atoms with van der Waals surface area (Å²) < 4.78 is 27.2. The molecule has 0 aromatic heterocycles. The van der Waals surface area contributed by atoms with Crippen molar-refractivity contribution < 1.29 is 22.8 Å². The third kappa shape index (κ3) is 5.23. The third-order valence-corrected chi connectivity index (χ3v) is 7.66. The van der Waals surface area contributed by atoms with Gasteiger partial charge in [-0.25, -0.2) is 13.2 Å². The van der Waals surface area contributed by atoms with Gasteiger partial charge in [-0.05, 0) is 36.6 Å². The van der Waals surface area contributed by atoms with Crippen molar-refractivity contribution in [2.45, 2.75) is 36.6 Å². The number of rotatable bonds is 7. The van der Waals surface area contributed by atoms with Crippen LogP contribution in [-0.4, -0.2) is 61.1 Å². The Hall–Kier alpha value is -3.24. The summed E-state index contributed by atoms with van der Waals surface area (Å²) in [5.41, 5.74) is 1.18. The molecule has 10 heteroatoms. The highest BCUT2D eigenvalue weighted by Gasteiger charge is 2.38. The van der Waals surface area contributed by atoms with Gasteiger partial charge >= 0.3 is 6.03 Å². The summed E-state index contributed by atoms with van der Waals surface area (Å²) in [5.74, 6) is -1.06. The van der Waals surface area contributed by atoms with Crippen LogP contribution in [0.3, 0.4) is 0 Å². The van der Waals surface area contributed by atoms with E-state index in [1.165, 1.54) is 16.4 Å². The number of urea groups is 1. The van der Waals surface area contributed by atoms with Gasteiger partial charge in [-0.3, -0.25) is 14.5 Å². The van der Waals surface area contributed by atoms with Crippen LogP contribution in [0.1, 0.15) is 24.8 Å². The number of amides is 4. The van der Waals surface area contributed by atoms with Crippen LogP contribution in [0.25, 0.3) is 0 Å². The van der Waals surface area contributed by atoms with E-state index in [9.17, 15) is 22.8 Å². The average molecular weight is 471 g/mol. The molecule has 4 amide bonds. The second kappa shape index (κ2) is 9.72. The minimum absolute atomic E-state index is 0.0973. The first-order valence-corrected chi connectivity index (χ1v) is 12.3. The molecule has 0 saturated carbocycles. The number of hydrogen-bond donors (Lipinski definition) is 2. The van der Waals surface area contributed by atoms with Gasteiger partial charge in [0.1, 0.15) is 12.6 Å². The van der Waals surface area contributed by atoms with Crippen molar-refractivity contribution in [1.82, 2.24) is 14.5 Å². The second-order valence-corrected chi connectivity index (χ2v) is 10.1. The molecule has 4 rings (SSSR count). The molecule has 0 aliphatic carbocycles. The van der Waals surface area contributed by atoms with Gasteiger partial charge in [0.25, 0.3) is 5.91 Å². The molecular formula is C23H26N4O5S. The number of nitrogens with zero attached hydrogens (tertiary/aromatic N) is 2. The largest absolute Gasteiger partial charge is 0.325 e. The summed E-state index contributed by atoms with van der Waals surface area (Å²) in [4.78, 5) is 38.4. The number of anilines is 1. The maximum absolute atomic E-state index is 12.9. The van der Waals surface area contributed by atoms with Crippen molar-refractivity contribution in [2.24, 2.45) is 0 Å². The number of hydrogen-bond acceptors (Lipinski definition) is 5. The number of carbonyl (C=O) groups is 3. The summed E-state index contributed by atoms with van der Waals surface area (Å²) in [6.45, 7) is 0.504. The maximum atomic E-state index is 12.9. The summed E-state index contributed by atoms with van der Waals surface area (Å²) in [5, 5.41) is 5.20. The monoisotopic (exact) mass is 470 g/mol.